The normalized spacial score (nSPS) is 31.2. The monoisotopic (exact) mass is 688 g/mol. The molecular weight excluding hydrogens is 641 g/mol. The van der Waals surface area contributed by atoms with Crippen LogP contribution in [0.25, 0.3) is 11.0 Å². The number of carbonyl (C=O) groups is 3. The highest BCUT2D eigenvalue weighted by Crippen LogP contribution is 2.52. The van der Waals surface area contributed by atoms with E-state index in [2.05, 4.69) is 5.32 Å². The first-order valence-electron chi connectivity index (χ1n) is 17.5. The number of halogens is 3. The number of hydrogen-bond acceptors (Lipinski definition) is 8. The molecule has 13 heteroatoms. The largest absolute Gasteiger partial charge is 0.497 e. The minimum Gasteiger partial charge on any atom is -0.497 e. The fourth-order valence-corrected chi connectivity index (χ4v) is 8.72. The molecule has 2 amide bonds. The Bertz CT molecular complexity index is 1580. The molecule has 3 heterocycles. The van der Waals surface area contributed by atoms with Crippen LogP contribution in [-0.4, -0.2) is 76.8 Å². The zero-order chi connectivity index (χ0) is 35.2. The summed E-state index contributed by atoms with van der Waals surface area (Å²) < 4.78 is 60.3. The van der Waals surface area contributed by atoms with E-state index in [1.54, 1.807) is 39.0 Å². The van der Waals surface area contributed by atoms with Crippen LogP contribution in [0.15, 0.2) is 18.2 Å². The van der Waals surface area contributed by atoms with E-state index in [4.69, 9.17) is 24.2 Å². The van der Waals surface area contributed by atoms with Gasteiger partial charge < -0.3 is 24.4 Å². The maximum absolute atomic E-state index is 14.4. The molecule has 8 atom stereocenters. The average molecular weight is 689 g/mol. The molecule has 10 nitrogen and oxygen atoms in total. The zero-order valence-corrected chi connectivity index (χ0v) is 28.8. The highest BCUT2D eigenvalue weighted by atomic mass is 19.4. The Morgan fingerprint density at radius 1 is 1.02 bits per heavy atom. The van der Waals surface area contributed by atoms with Crippen LogP contribution in [0.2, 0.25) is 0 Å². The number of aryl methyl sites for hydroxylation is 1. The summed E-state index contributed by atoms with van der Waals surface area (Å²) in [6, 6.07) is 2.61. The van der Waals surface area contributed by atoms with Crippen LogP contribution in [0.5, 0.6) is 11.6 Å². The van der Waals surface area contributed by atoms with Gasteiger partial charge in [-0.15, -0.1) is 0 Å². The second-order valence-electron chi connectivity index (χ2n) is 15.4. The molecule has 2 aromatic rings. The van der Waals surface area contributed by atoms with E-state index in [1.165, 1.54) is 14.0 Å². The number of amides is 2. The van der Waals surface area contributed by atoms with Crippen molar-refractivity contribution < 1.29 is 41.8 Å². The number of methoxy groups -OCH3 is 1. The number of alkyl carbamates (subject to hydrolysis) is 1. The second kappa shape index (κ2) is 13.6. The summed E-state index contributed by atoms with van der Waals surface area (Å²) in [5.41, 5.74) is 0.683. The number of fused-ring (bicyclic) bond motifs is 9. The van der Waals surface area contributed by atoms with Gasteiger partial charge in [0.1, 0.15) is 29.7 Å². The quantitative estimate of drug-likeness (QED) is 0.392. The van der Waals surface area contributed by atoms with Crippen LogP contribution < -0.4 is 14.8 Å². The van der Waals surface area contributed by atoms with Crippen LogP contribution in [0, 0.1) is 29.1 Å². The summed E-state index contributed by atoms with van der Waals surface area (Å²) in [4.78, 5) is 51.8. The molecular formula is C36H47F3N4O6. The van der Waals surface area contributed by atoms with Crippen molar-refractivity contribution in [2.75, 3.05) is 13.7 Å². The van der Waals surface area contributed by atoms with E-state index in [-0.39, 0.29) is 30.4 Å². The summed E-state index contributed by atoms with van der Waals surface area (Å²) in [6.07, 6.45) is -1.18. The summed E-state index contributed by atoms with van der Waals surface area (Å²) >= 11 is 0. The SMILES string of the molecule is COc1ccc2nc3c(nc2c1)O[C@H]1CN(C(=O)[C@H](C(C)(C)C)NC(=O)O[C@@H]2[C@H]4CC[C@H](C4)[C@H]2CCCCC3)[C@H](C(C)=O)[C@@H]1CC(F)(F)F. The molecule has 1 N–H and O–H groups in total. The smallest absolute Gasteiger partial charge is 0.408 e. The van der Waals surface area contributed by atoms with Gasteiger partial charge in [0.2, 0.25) is 11.8 Å². The van der Waals surface area contributed by atoms with Crippen molar-refractivity contribution in [3.05, 3.63) is 23.9 Å². The van der Waals surface area contributed by atoms with Gasteiger partial charge in [0.15, 0.2) is 5.78 Å². The number of rotatable bonds is 3. The van der Waals surface area contributed by atoms with Gasteiger partial charge in [0, 0.05) is 12.0 Å². The van der Waals surface area contributed by atoms with Crippen LogP contribution in [0.1, 0.15) is 84.8 Å². The highest BCUT2D eigenvalue weighted by Gasteiger charge is 2.54. The summed E-state index contributed by atoms with van der Waals surface area (Å²) in [5.74, 6) is -1.08. The second-order valence-corrected chi connectivity index (χ2v) is 15.4. The lowest BCUT2D eigenvalue weighted by atomic mass is 9.82. The van der Waals surface area contributed by atoms with Gasteiger partial charge in [0.05, 0.1) is 37.2 Å². The maximum Gasteiger partial charge on any atom is 0.408 e. The van der Waals surface area contributed by atoms with Crippen molar-refractivity contribution in [3.8, 4) is 11.6 Å². The van der Waals surface area contributed by atoms with Crippen molar-refractivity contribution in [1.82, 2.24) is 20.2 Å². The Labute approximate surface area is 284 Å². The molecule has 49 heavy (non-hydrogen) atoms. The molecule has 2 saturated carbocycles. The number of Topliss-reactive ketones (excluding diaryl/α,β-unsaturated/α-hetero) is 1. The molecule has 1 aromatic heterocycles. The third-order valence-corrected chi connectivity index (χ3v) is 11.0. The molecule has 1 saturated heterocycles. The predicted molar refractivity (Wildman–Crippen MR) is 174 cm³/mol. The molecule has 6 rings (SSSR count). The fraction of sp³-hybridized carbons (Fsp3) is 0.694. The number of aromatic nitrogens is 2. The Balaban J connectivity index is 1.42. The number of alkyl halides is 3. The Kier molecular flexibility index (Phi) is 9.76. The summed E-state index contributed by atoms with van der Waals surface area (Å²) in [6.45, 7) is 6.15. The van der Waals surface area contributed by atoms with E-state index in [0.29, 0.717) is 34.8 Å². The number of ether oxygens (including phenoxy) is 3. The van der Waals surface area contributed by atoms with Crippen molar-refractivity contribution >= 4 is 28.8 Å². The van der Waals surface area contributed by atoms with Gasteiger partial charge in [-0.25, -0.2) is 14.8 Å². The minimum atomic E-state index is -4.65. The molecule has 0 radical (unpaired) electrons. The van der Waals surface area contributed by atoms with E-state index in [1.807, 2.05) is 0 Å². The first-order chi connectivity index (χ1) is 23.1. The maximum atomic E-state index is 14.4. The Hall–Kier alpha value is -3.64. The lowest BCUT2D eigenvalue weighted by Gasteiger charge is -2.36. The zero-order valence-electron chi connectivity index (χ0n) is 28.8. The number of ketones is 1. The Morgan fingerprint density at radius 2 is 1.78 bits per heavy atom. The van der Waals surface area contributed by atoms with Gasteiger partial charge in [-0.3, -0.25) is 9.59 Å². The highest BCUT2D eigenvalue weighted by molar-refractivity contribution is 5.92. The number of nitrogens with one attached hydrogen (secondary N) is 1. The van der Waals surface area contributed by atoms with Gasteiger partial charge in [-0.05, 0) is 80.8 Å². The fourth-order valence-electron chi connectivity index (χ4n) is 8.72. The first kappa shape index (κ1) is 35.2. The van der Waals surface area contributed by atoms with Crippen molar-refractivity contribution in [1.29, 1.82) is 0 Å². The van der Waals surface area contributed by atoms with E-state index < -0.39 is 59.9 Å². The van der Waals surface area contributed by atoms with Crippen LogP contribution >= 0.6 is 0 Å². The van der Waals surface area contributed by atoms with Crippen molar-refractivity contribution in [2.24, 2.45) is 29.1 Å². The molecule has 0 spiro atoms. The number of hydrogen-bond donors (Lipinski definition) is 1. The number of nitrogens with zero attached hydrogens (tertiary/aromatic N) is 3. The molecule has 1 aromatic carbocycles. The standard InChI is InChI=1S/C36H47F3N4O6/c1-19(44)29-24(17-36(37,38)39)28-18-43(29)33(45)31(35(2,3)4)42-34(46)49-30-21-12-11-20(15-21)23(30)9-7-6-8-10-26-32(48-28)41-27-16-22(47-5)13-14-25(27)40-26/h13-14,16,20-21,23-24,28-31H,6-12,15,17-18H2,1-5H3,(H,42,46)/t20-,21+,23-,24-,28+,29-,30-,31-/m1/s1. The molecule has 3 fully saturated rings. The van der Waals surface area contributed by atoms with Gasteiger partial charge in [-0.1, -0.05) is 33.6 Å². The summed E-state index contributed by atoms with van der Waals surface area (Å²) in [5, 5.41) is 2.77. The van der Waals surface area contributed by atoms with Gasteiger partial charge in [-0.2, -0.15) is 13.2 Å². The van der Waals surface area contributed by atoms with Crippen molar-refractivity contribution in [2.45, 2.75) is 116 Å². The topological polar surface area (TPSA) is 120 Å². The predicted octanol–water partition coefficient (Wildman–Crippen LogP) is 6.43. The molecule has 2 aliphatic heterocycles. The third-order valence-electron chi connectivity index (χ3n) is 11.0. The molecule has 4 bridgehead atoms. The number of benzene rings is 1. The van der Waals surface area contributed by atoms with Crippen LogP contribution in [0.3, 0.4) is 0 Å². The lowest BCUT2D eigenvalue weighted by molar-refractivity contribution is -0.155. The van der Waals surface area contributed by atoms with Gasteiger partial charge in [0.25, 0.3) is 0 Å². The van der Waals surface area contributed by atoms with E-state index in [0.717, 1.165) is 49.8 Å². The molecule has 0 unspecified atom stereocenters. The van der Waals surface area contributed by atoms with E-state index in [9.17, 15) is 27.6 Å². The Morgan fingerprint density at radius 3 is 2.47 bits per heavy atom. The van der Waals surface area contributed by atoms with Crippen LogP contribution in [-0.2, 0) is 20.7 Å². The van der Waals surface area contributed by atoms with Gasteiger partial charge >= 0.3 is 12.3 Å². The van der Waals surface area contributed by atoms with Crippen LogP contribution in [0.4, 0.5) is 18.0 Å². The third kappa shape index (κ3) is 7.45. The minimum absolute atomic E-state index is 0.0814. The molecule has 2 aliphatic carbocycles. The van der Waals surface area contributed by atoms with E-state index >= 15 is 0 Å². The first-order valence-corrected chi connectivity index (χ1v) is 17.5. The average Bonchev–Trinajstić information content (AvgIpc) is 3.72. The lowest BCUT2D eigenvalue weighted by Crippen LogP contribution is -2.57. The van der Waals surface area contributed by atoms with Crippen molar-refractivity contribution in [3.63, 3.8) is 0 Å². The number of carbonyl (C=O) groups excluding carboxylic acids is 3. The summed E-state index contributed by atoms with van der Waals surface area (Å²) in [7, 11) is 1.52. The molecule has 268 valence electrons. The molecule has 4 aliphatic rings.